The zero-order valence-corrected chi connectivity index (χ0v) is 17.6. The van der Waals surface area contributed by atoms with Crippen molar-refractivity contribution in [3.8, 4) is 5.69 Å². The van der Waals surface area contributed by atoms with Crippen molar-refractivity contribution in [2.45, 2.75) is 33.7 Å². The molecular weight excluding hydrogens is 383 g/mol. The van der Waals surface area contributed by atoms with Gasteiger partial charge < -0.3 is 14.2 Å². The predicted octanol–water partition coefficient (Wildman–Crippen LogP) is 4.83. The van der Waals surface area contributed by atoms with E-state index in [1.54, 1.807) is 30.0 Å². The summed E-state index contributed by atoms with van der Waals surface area (Å²) in [6.45, 7) is 7.10. The number of anilines is 1. The molecule has 3 rings (SSSR count). The number of amides is 1. The monoisotopic (exact) mass is 408 g/mol. The lowest BCUT2D eigenvalue weighted by molar-refractivity contribution is -0.122. The fourth-order valence-electron chi connectivity index (χ4n) is 3.55. The normalized spacial score (nSPS) is 10.9. The van der Waals surface area contributed by atoms with Crippen molar-refractivity contribution < 1.29 is 18.7 Å². The first kappa shape index (κ1) is 21.3. The molecule has 0 N–H and O–H groups in total. The second-order valence-corrected chi connectivity index (χ2v) is 7.37. The van der Waals surface area contributed by atoms with Crippen LogP contribution in [0.25, 0.3) is 5.69 Å². The van der Waals surface area contributed by atoms with Crippen LogP contribution in [0, 0.1) is 19.7 Å². The van der Waals surface area contributed by atoms with Gasteiger partial charge in [-0.2, -0.15) is 0 Å². The number of aromatic nitrogens is 1. The molecule has 0 aliphatic carbocycles. The highest BCUT2D eigenvalue weighted by Gasteiger charge is 2.23. The summed E-state index contributed by atoms with van der Waals surface area (Å²) in [5.74, 6) is -1.19. The number of halogens is 1. The Morgan fingerprint density at radius 1 is 1.03 bits per heavy atom. The van der Waals surface area contributed by atoms with Crippen molar-refractivity contribution in [3.05, 3.63) is 83.4 Å². The molecule has 1 aromatic heterocycles. The molecule has 0 spiro atoms. The van der Waals surface area contributed by atoms with Crippen LogP contribution in [0.3, 0.4) is 0 Å². The van der Waals surface area contributed by atoms with Gasteiger partial charge in [-0.25, -0.2) is 9.18 Å². The molecule has 0 saturated carbocycles. The summed E-state index contributed by atoms with van der Waals surface area (Å²) in [5.41, 5.74) is 3.35. The first-order valence-corrected chi connectivity index (χ1v) is 9.78. The SMILES string of the molecule is Cc1cc(C(=O)OCC(=O)N(c2ccccc2)C(C)C)c(C)n1-c1ccc(F)cc1. The average Bonchev–Trinajstić information content (AvgIpc) is 3.02. The maximum absolute atomic E-state index is 13.2. The van der Waals surface area contributed by atoms with Crippen LogP contribution in [-0.2, 0) is 9.53 Å². The number of hydrogen-bond acceptors (Lipinski definition) is 3. The van der Waals surface area contributed by atoms with Crippen LogP contribution in [0.15, 0.2) is 60.7 Å². The minimum atomic E-state index is -0.568. The lowest BCUT2D eigenvalue weighted by Crippen LogP contribution is -2.39. The van der Waals surface area contributed by atoms with Gasteiger partial charge in [0, 0.05) is 28.8 Å². The molecule has 3 aromatic rings. The molecule has 0 bridgehead atoms. The number of benzene rings is 2. The van der Waals surface area contributed by atoms with Crippen molar-refractivity contribution in [2.24, 2.45) is 0 Å². The number of aryl methyl sites for hydroxylation is 1. The van der Waals surface area contributed by atoms with Gasteiger partial charge in [-0.3, -0.25) is 4.79 Å². The van der Waals surface area contributed by atoms with E-state index in [-0.39, 0.29) is 24.4 Å². The lowest BCUT2D eigenvalue weighted by Gasteiger charge is -2.26. The molecule has 0 radical (unpaired) electrons. The first-order valence-electron chi connectivity index (χ1n) is 9.78. The van der Waals surface area contributed by atoms with E-state index in [1.165, 1.54) is 12.1 Å². The number of nitrogens with zero attached hydrogens (tertiary/aromatic N) is 2. The molecule has 0 aliphatic rings. The number of hydrogen-bond donors (Lipinski definition) is 0. The summed E-state index contributed by atoms with van der Waals surface area (Å²) in [7, 11) is 0. The van der Waals surface area contributed by atoms with Crippen molar-refractivity contribution in [2.75, 3.05) is 11.5 Å². The highest BCUT2D eigenvalue weighted by atomic mass is 19.1. The Bertz CT molecular complexity index is 1040. The smallest absolute Gasteiger partial charge is 0.340 e. The van der Waals surface area contributed by atoms with Crippen molar-refractivity contribution in [3.63, 3.8) is 0 Å². The first-order chi connectivity index (χ1) is 14.3. The van der Waals surface area contributed by atoms with Gasteiger partial charge in [0.05, 0.1) is 5.56 Å². The minimum Gasteiger partial charge on any atom is -0.452 e. The van der Waals surface area contributed by atoms with Crippen molar-refractivity contribution in [1.82, 2.24) is 4.57 Å². The van der Waals surface area contributed by atoms with Gasteiger partial charge in [0.25, 0.3) is 5.91 Å². The molecule has 6 heteroatoms. The van der Waals surface area contributed by atoms with Crippen LogP contribution < -0.4 is 4.90 Å². The van der Waals surface area contributed by atoms with E-state index < -0.39 is 5.97 Å². The van der Waals surface area contributed by atoms with Gasteiger partial charge >= 0.3 is 5.97 Å². The fourth-order valence-corrected chi connectivity index (χ4v) is 3.55. The van der Waals surface area contributed by atoms with Gasteiger partial charge in [-0.1, -0.05) is 18.2 Å². The third-order valence-corrected chi connectivity index (χ3v) is 4.88. The van der Waals surface area contributed by atoms with E-state index in [0.29, 0.717) is 11.3 Å². The maximum atomic E-state index is 13.2. The van der Waals surface area contributed by atoms with Crippen LogP contribution in [0.4, 0.5) is 10.1 Å². The molecule has 1 heterocycles. The largest absolute Gasteiger partial charge is 0.452 e. The van der Waals surface area contributed by atoms with Gasteiger partial charge in [0.15, 0.2) is 6.61 Å². The molecule has 0 unspecified atom stereocenters. The van der Waals surface area contributed by atoms with Crippen molar-refractivity contribution in [1.29, 1.82) is 0 Å². The summed E-state index contributed by atoms with van der Waals surface area (Å²) in [5, 5.41) is 0. The Labute approximate surface area is 175 Å². The van der Waals surface area contributed by atoms with Crippen LogP contribution in [-0.4, -0.2) is 29.1 Å². The molecule has 30 heavy (non-hydrogen) atoms. The summed E-state index contributed by atoms with van der Waals surface area (Å²) in [6, 6.07) is 16.9. The van der Waals surface area contributed by atoms with E-state index in [4.69, 9.17) is 4.74 Å². The molecule has 0 fully saturated rings. The molecule has 0 aliphatic heterocycles. The van der Waals surface area contributed by atoms with Gasteiger partial charge in [0.1, 0.15) is 5.82 Å². The number of rotatable bonds is 6. The average molecular weight is 408 g/mol. The molecule has 5 nitrogen and oxygen atoms in total. The predicted molar refractivity (Wildman–Crippen MR) is 115 cm³/mol. The van der Waals surface area contributed by atoms with Gasteiger partial charge in [0.2, 0.25) is 0 Å². The zero-order chi connectivity index (χ0) is 21.8. The summed E-state index contributed by atoms with van der Waals surface area (Å²) in [6.07, 6.45) is 0. The van der Waals surface area contributed by atoms with Gasteiger partial charge in [-0.15, -0.1) is 0 Å². The Hall–Kier alpha value is -3.41. The maximum Gasteiger partial charge on any atom is 0.340 e. The second kappa shape index (κ2) is 8.95. The number of carbonyl (C=O) groups is 2. The van der Waals surface area contributed by atoms with E-state index in [1.807, 2.05) is 55.7 Å². The molecule has 0 saturated heterocycles. The Kier molecular flexibility index (Phi) is 6.35. The standard InChI is InChI=1S/C24H25FN2O3/c1-16(2)26(20-8-6-5-7-9-20)23(28)15-30-24(29)22-14-17(3)27(18(22)4)21-12-10-19(25)11-13-21/h5-14,16H,15H2,1-4H3. The van der Waals surface area contributed by atoms with Crippen LogP contribution in [0.5, 0.6) is 0 Å². The van der Waals surface area contributed by atoms with E-state index >= 15 is 0 Å². The van der Waals surface area contributed by atoms with Gasteiger partial charge in [-0.05, 0) is 70.2 Å². The third-order valence-electron chi connectivity index (χ3n) is 4.88. The highest BCUT2D eigenvalue weighted by molar-refractivity contribution is 5.98. The topological polar surface area (TPSA) is 51.5 Å². The molecule has 156 valence electrons. The van der Waals surface area contributed by atoms with Crippen LogP contribution in [0.2, 0.25) is 0 Å². The van der Waals surface area contributed by atoms with Crippen molar-refractivity contribution >= 4 is 17.6 Å². The fraction of sp³-hybridized carbons (Fsp3) is 0.250. The van der Waals surface area contributed by atoms with E-state index in [0.717, 1.165) is 17.1 Å². The van der Waals surface area contributed by atoms with Crippen LogP contribution in [0.1, 0.15) is 35.6 Å². The molecule has 1 amide bonds. The third kappa shape index (κ3) is 4.43. The lowest BCUT2D eigenvalue weighted by atomic mass is 10.2. The van der Waals surface area contributed by atoms with E-state index in [9.17, 15) is 14.0 Å². The number of esters is 1. The Morgan fingerprint density at radius 3 is 2.27 bits per heavy atom. The quantitative estimate of drug-likeness (QED) is 0.549. The molecule has 2 aromatic carbocycles. The molecular formula is C24H25FN2O3. The second-order valence-electron chi connectivity index (χ2n) is 7.37. The Balaban J connectivity index is 1.76. The number of para-hydroxylation sites is 1. The number of ether oxygens (including phenoxy) is 1. The minimum absolute atomic E-state index is 0.0813. The zero-order valence-electron chi connectivity index (χ0n) is 17.6. The summed E-state index contributed by atoms with van der Waals surface area (Å²) < 4.78 is 20.4. The summed E-state index contributed by atoms with van der Waals surface area (Å²) >= 11 is 0. The summed E-state index contributed by atoms with van der Waals surface area (Å²) in [4.78, 5) is 27.0. The van der Waals surface area contributed by atoms with E-state index in [2.05, 4.69) is 0 Å². The molecule has 0 atom stereocenters. The Morgan fingerprint density at radius 2 is 1.67 bits per heavy atom. The number of carbonyl (C=O) groups excluding carboxylic acids is 2. The van der Waals surface area contributed by atoms with Crippen LogP contribution >= 0.6 is 0 Å². The highest BCUT2D eigenvalue weighted by Crippen LogP contribution is 2.22.